The van der Waals surface area contributed by atoms with Crippen LogP contribution < -0.4 is 5.32 Å². The van der Waals surface area contributed by atoms with Crippen LogP contribution >= 0.6 is 0 Å². The van der Waals surface area contributed by atoms with Gasteiger partial charge in [-0.1, -0.05) is 6.92 Å². The first kappa shape index (κ1) is 10.9. The molecule has 0 spiro atoms. The first-order valence-corrected chi connectivity index (χ1v) is 5.13. The number of nitrogens with zero attached hydrogens (tertiary/aromatic N) is 1. The second-order valence-corrected chi connectivity index (χ2v) is 4.52. The van der Waals surface area contributed by atoms with Crippen LogP contribution in [0.15, 0.2) is 12.3 Å². The number of carbonyl (C=O) groups is 1. The molecule has 1 aliphatic carbocycles. The zero-order chi connectivity index (χ0) is 11.8. The van der Waals surface area contributed by atoms with Crippen molar-refractivity contribution in [2.45, 2.75) is 19.8 Å². The summed E-state index contributed by atoms with van der Waals surface area (Å²) < 4.78 is 12.8. The molecular weight excluding hydrogens is 211 g/mol. The SMILES string of the molecule is CC1(CNc2ncc(F)cc2C(=O)O)CC1. The number of anilines is 1. The van der Waals surface area contributed by atoms with Crippen LogP contribution in [-0.4, -0.2) is 22.6 Å². The van der Waals surface area contributed by atoms with E-state index in [9.17, 15) is 9.18 Å². The average molecular weight is 224 g/mol. The summed E-state index contributed by atoms with van der Waals surface area (Å²) in [4.78, 5) is 14.6. The Morgan fingerprint density at radius 3 is 2.94 bits per heavy atom. The van der Waals surface area contributed by atoms with Crippen LogP contribution in [0.3, 0.4) is 0 Å². The van der Waals surface area contributed by atoms with Crippen molar-refractivity contribution in [2.75, 3.05) is 11.9 Å². The molecule has 86 valence electrons. The van der Waals surface area contributed by atoms with E-state index in [4.69, 9.17) is 5.11 Å². The van der Waals surface area contributed by atoms with E-state index in [1.165, 1.54) is 0 Å². The van der Waals surface area contributed by atoms with Crippen LogP contribution in [-0.2, 0) is 0 Å². The number of hydrogen-bond acceptors (Lipinski definition) is 3. The Balaban J connectivity index is 2.15. The number of carboxylic acids is 1. The van der Waals surface area contributed by atoms with Crippen molar-refractivity contribution in [3.63, 3.8) is 0 Å². The fourth-order valence-corrected chi connectivity index (χ4v) is 1.43. The normalized spacial score (nSPS) is 16.9. The van der Waals surface area contributed by atoms with E-state index in [1.807, 2.05) is 0 Å². The van der Waals surface area contributed by atoms with Crippen LogP contribution in [0.2, 0.25) is 0 Å². The van der Waals surface area contributed by atoms with E-state index in [0.29, 0.717) is 6.54 Å². The summed E-state index contributed by atoms with van der Waals surface area (Å²) in [6.45, 7) is 2.79. The lowest BCUT2D eigenvalue weighted by molar-refractivity contribution is 0.0697. The highest BCUT2D eigenvalue weighted by Crippen LogP contribution is 2.44. The number of rotatable bonds is 4. The third-order valence-electron chi connectivity index (χ3n) is 2.87. The molecule has 0 aromatic carbocycles. The molecule has 1 aliphatic rings. The fourth-order valence-electron chi connectivity index (χ4n) is 1.43. The summed E-state index contributed by atoms with van der Waals surface area (Å²) in [5.41, 5.74) is 0.121. The Hall–Kier alpha value is -1.65. The zero-order valence-electron chi connectivity index (χ0n) is 8.96. The van der Waals surface area contributed by atoms with Gasteiger partial charge in [-0.2, -0.15) is 0 Å². The van der Waals surface area contributed by atoms with Crippen molar-refractivity contribution in [1.29, 1.82) is 0 Å². The fraction of sp³-hybridized carbons (Fsp3) is 0.455. The number of hydrogen-bond donors (Lipinski definition) is 2. The number of aromatic nitrogens is 1. The third-order valence-corrected chi connectivity index (χ3v) is 2.87. The van der Waals surface area contributed by atoms with E-state index in [1.54, 1.807) is 0 Å². The molecule has 1 aromatic heterocycles. The second-order valence-electron chi connectivity index (χ2n) is 4.52. The zero-order valence-corrected chi connectivity index (χ0v) is 8.96. The van der Waals surface area contributed by atoms with E-state index < -0.39 is 11.8 Å². The Morgan fingerprint density at radius 1 is 1.69 bits per heavy atom. The molecule has 0 aliphatic heterocycles. The molecule has 0 atom stereocenters. The van der Waals surface area contributed by atoms with Gasteiger partial charge in [0.25, 0.3) is 0 Å². The van der Waals surface area contributed by atoms with Crippen molar-refractivity contribution in [3.8, 4) is 0 Å². The molecule has 5 heteroatoms. The predicted molar refractivity (Wildman–Crippen MR) is 57.0 cm³/mol. The summed E-state index contributed by atoms with van der Waals surface area (Å²) >= 11 is 0. The minimum absolute atomic E-state index is 0.121. The molecule has 0 radical (unpaired) electrons. The molecule has 16 heavy (non-hydrogen) atoms. The lowest BCUT2D eigenvalue weighted by Gasteiger charge is -2.12. The number of carboxylic acid groups (broad SMARTS) is 1. The summed E-state index contributed by atoms with van der Waals surface area (Å²) in [6, 6.07) is 0.979. The minimum atomic E-state index is -1.17. The number of nitrogens with one attached hydrogen (secondary N) is 1. The van der Waals surface area contributed by atoms with Crippen LogP contribution in [0.5, 0.6) is 0 Å². The molecule has 1 fully saturated rings. The van der Waals surface area contributed by atoms with Crippen LogP contribution in [0.4, 0.5) is 10.2 Å². The molecule has 0 saturated heterocycles. The number of pyridine rings is 1. The van der Waals surface area contributed by atoms with Gasteiger partial charge < -0.3 is 10.4 Å². The van der Waals surface area contributed by atoms with E-state index >= 15 is 0 Å². The van der Waals surface area contributed by atoms with Gasteiger partial charge >= 0.3 is 5.97 Å². The summed E-state index contributed by atoms with van der Waals surface area (Å²) in [7, 11) is 0. The Kier molecular flexibility index (Phi) is 2.53. The number of halogens is 1. The predicted octanol–water partition coefficient (Wildman–Crippen LogP) is 2.13. The average Bonchev–Trinajstić information content (AvgIpc) is 2.95. The third kappa shape index (κ3) is 2.29. The molecule has 2 N–H and O–H groups in total. The molecule has 1 heterocycles. The molecule has 0 amide bonds. The standard InChI is InChI=1S/C11H13FN2O2/c1-11(2-3-11)6-14-9-8(10(15)16)4-7(12)5-13-9/h4-5H,2-3,6H2,1H3,(H,13,14)(H,15,16). The first-order valence-electron chi connectivity index (χ1n) is 5.13. The van der Waals surface area contributed by atoms with Crippen LogP contribution in [0.1, 0.15) is 30.1 Å². The van der Waals surface area contributed by atoms with Gasteiger partial charge in [0, 0.05) is 6.54 Å². The molecular formula is C11H13FN2O2. The lowest BCUT2D eigenvalue weighted by atomic mass is 10.1. The summed E-state index contributed by atoms with van der Waals surface area (Å²) in [5, 5.41) is 11.9. The lowest BCUT2D eigenvalue weighted by Crippen LogP contribution is -2.15. The quantitative estimate of drug-likeness (QED) is 0.822. The second kappa shape index (κ2) is 3.73. The van der Waals surface area contributed by atoms with Crippen molar-refractivity contribution in [1.82, 2.24) is 4.98 Å². The number of aromatic carboxylic acids is 1. The topological polar surface area (TPSA) is 62.2 Å². The van der Waals surface area contributed by atoms with E-state index in [2.05, 4.69) is 17.2 Å². The van der Waals surface area contributed by atoms with Gasteiger partial charge in [0.05, 0.1) is 6.20 Å². The molecule has 0 unspecified atom stereocenters. The highest BCUT2D eigenvalue weighted by molar-refractivity contribution is 5.93. The smallest absolute Gasteiger partial charge is 0.339 e. The van der Waals surface area contributed by atoms with Gasteiger partial charge in [-0.15, -0.1) is 0 Å². The van der Waals surface area contributed by atoms with Crippen molar-refractivity contribution in [2.24, 2.45) is 5.41 Å². The van der Waals surface area contributed by atoms with Gasteiger partial charge in [-0.25, -0.2) is 14.2 Å². The Bertz CT molecular complexity index is 430. The van der Waals surface area contributed by atoms with Crippen molar-refractivity contribution in [3.05, 3.63) is 23.6 Å². The van der Waals surface area contributed by atoms with Crippen LogP contribution in [0, 0.1) is 11.2 Å². The Morgan fingerprint density at radius 2 is 2.38 bits per heavy atom. The van der Waals surface area contributed by atoms with Crippen LogP contribution in [0.25, 0.3) is 0 Å². The summed E-state index contributed by atoms with van der Waals surface area (Å²) in [5.74, 6) is -1.57. The maximum absolute atomic E-state index is 12.8. The van der Waals surface area contributed by atoms with Gasteiger partial charge in [0.1, 0.15) is 17.2 Å². The molecule has 1 saturated carbocycles. The van der Waals surface area contributed by atoms with Gasteiger partial charge in [-0.3, -0.25) is 0 Å². The van der Waals surface area contributed by atoms with E-state index in [-0.39, 0.29) is 16.8 Å². The molecule has 2 rings (SSSR count). The van der Waals surface area contributed by atoms with E-state index in [0.717, 1.165) is 25.1 Å². The van der Waals surface area contributed by atoms with Gasteiger partial charge in [0.15, 0.2) is 0 Å². The molecule has 4 nitrogen and oxygen atoms in total. The van der Waals surface area contributed by atoms with Gasteiger partial charge in [0.2, 0.25) is 0 Å². The monoisotopic (exact) mass is 224 g/mol. The van der Waals surface area contributed by atoms with Crippen molar-refractivity contribution >= 4 is 11.8 Å². The largest absolute Gasteiger partial charge is 0.478 e. The summed E-state index contributed by atoms with van der Waals surface area (Å²) in [6.07, 6.45) is 3.28. The Labute approximate surface area is 92.5 Å². The maximum Gasteiger partial charge on any atom is 0.339 e. The maximum atomic E-state index is 12.8. The molecule has 1 aromatic rings. The van der Waals surface area contributed by atoms with Crippen molar-refractivity contribution < 1.29 is 14.3 Å². The highest BCUT2D eigenvalue weighted by atomic mass is 19.1. The molecule has 0 bridgehead atoms. The first-order chi connectivity index (χ1) is 7.50. The minimum Gasteiger partial charge on any atom is -0.478 e. The highest BCUT2D eigenvalue weighted by Gasteiger charge is 2.37. The van der Waals surface area contributed by atoms with Gasteiger partial charge in [-0.05, 0) is 24.3 Å².